The Bertz CT molecular complexity index is 706. The zero-order chi connectivity index (χ0) is 19.0. The first-order valence-electron chi connectivity index (χ1n) is 7.79. The maximum atomic E-state index is 12.1. The molecule has 0 saturated heterocycles. The van der Waals surface area contributed by atoms with Crippen LogP contribution in [0, 0.1) is 5.92 Å². The van der Waals surface area contributed by atoms with Crippen LogP contribution in [0.4, 0.5) is 18.9 Å². The van der Waals surface area contributed by atoms with E-state index in [1.165, 1.54) is 24.3 Å². The molecule has 140 valence electrons. The second-order valence-corrected chi connectivity index (χ2v) is 5.50. The van der Waals surface area contributed by atoms with Gasteiger partial charge >= 0.3 is 6.36 Å². The van der Waals surface area contributed by atoms with Crippen molar-refractivity contribution in [2.75, 3.05) is 18.5 Å². The Kier molecular flexibility index (Phi) is 6.79. The predicted molar refractivity (Wildman–Crippen MR) is 91.8 cm³/mol. The van der Waals surface area contributed by atoms with Crippen molar-refractivity contribution in [3.05, 3.63) is 54.4 Å². The minimum absolute atomic E-state index is 0.0726. The van der Waals surface area contributed by atoms with Crippen LogP contribution in [0.1, 0.15) is 5.69 Å². The smallest absolute Gasteiger partial charge is 0.406 e. The molecule has 0 aliphatic rings. The van der Waals surface area contributed by atoms with Gasteiger partial charge in [-0.25, -0.2) is 0 Å². The molecule has 1 heterocycles. The highest BCUT2D eigenvalue weighted by molar-refractivity contribution is 5.92. The lowest BCUT2D eigenvalue weighted by molar-refractivity contribution is -0.274. The van der Waals surface area contributed by atoms with E-state index in [1.807, 2.05) is 18.2 Å². The SMILES string of the molecule is NC(=NCC(CO)Cc1ccccn1)Nc1ccc(OC(F)(F)F)cc1. The fourth-order valence-electron chi connectivity index (χ4n) is 2.16. The molecule has 0 fully saturated rings. The summed E-state index contributed by atoms with van der Waals surface area (Å²) in [6.07, 6.45) is -2.50. The molecule has 6 nitrogen and oxygen atoms in total. The lowest BCUT2D eigenvalue weighted by atomic mass is 10.0. The largest absolute Gasteiger partial charge is 0.573 e. The van der Waals surface area contributed by atoms with Crippen LogP contribution >= 0.6 is 0 Å². The van der Waals surface area contributed by atoms with Gasteiger partial charge < -0.3 is 20.9 Å². The predicted octanol–water partition coefficient (Wildman–Crippen LogP) is 2.56. The molecule has 1 aromatic carbocycles. The second kappa shape index (κ2) is 9.04. The molecular formula is C17H19F3N4O2. The molecule has 1 atom stereocenters. The normalized spacial score (nSPS) is 13.3. The number of ether oxygens (including phenoxy) is 1. The van der Waals surface area contributed by atoms with Gasteiger partial charge in [0.2, 0.25) is 0 Å². The van der Waals surface area contributed by atoms with E-state index in [4.69, 9.17) is 5.73 Å². The lowest BCUT2D eigenvalue weighted by Gasteiger charge is -2.12. The molecular weight excluding hydrogens is 349 g/mol. The maximum Gasteiger partial charge on any atom is 0.573 e. The van der Waals surface area contributed by atoms with Crippen molar-refractivity contribution in [1.29, 1.82) is 0 Å². The van der Waals surface area contributed by atoms with Gasteiger partial charge in [0.15, 0.2) is 5.96 Å². The lowest BCUT2D eigenvalue weighted by Crippen LogP contribution is -2.25. The Morgan fingerprint density at radius 3 is 2.54 bits per heavy atom. The standard InChI is InChI=1S/C17H19F3N4O2/c18-17(19,20)26-15-6-4-13(5-7-15)24-16(21)23-10-12(11-25)9-14-3-1-2-8-22-14/h1-8,12,25H,9-11H2,(H3,21,23,24). The highest BCUT2D eigenvalue weighted by Gasteiger charge is 2.30. The van der Waals surface area contributed by atoms with Crippen LogP contribution in [0.15, 0.2) is 53.7 Å². The number of aliphatic imine (C=N–C) groups is 1. The third-order valence-electron chi connectivity index (χ3n) is 3.36. The van der Waals surface area contributed by atoms with Crippen LogP contribution in [-0.4, -0.2) is 35.6 Å². The Morgan fingerprint density at radius 1 is 1.23 bits per heavy atom. The zero-order valence-electron chi connectivity index (χ0n) is 13.8. The Balaban J connectivity index is 1.88. The number of nitrogens with zero attached hydrogens (tertiary/aromatic N) is 2. The molecule has 0 aliphatic heterocycles. The van der Waals surface area contributed by atoms with Crippen LogP contribution in [0.3, 0.4) is 0 Å². The molecule has 2 aromatic rings. The number of aromatic nitrogens is 1. The summed E-state index contributed by atoms with van der Waals surface area (Å²) < 4.78 is 40.1. The van der Waals surface area contributed by atoms with E-state index in [-0.39, 0.29) is 30.8 Å². The van der Waals surface area contributed by atoms with Crippen molar-refractivity contribution >= 4 is 11.6 Å². The van der Waals surface area contributed by atoms with E-state index in [0.717, 1.165) is 5.69 Å². The molecule has 9 heteroatoms. The van der Waals surface area contributed by atoms with Crippen molar-refractivity contribution in [1.82, 2.24) is 4.98 Å². The van der Waals surface area contributed by atoms with Gasteiger partial charge in [-0.1, -0.05) is 6.07 Å². The Labute approximate surface area is 148 Å². The fourth-order valence-corrected chi connectivity index (χ4v) is 2.16. The number of alkyl halides is 3. The summed E-state index contributed by atoms with van der Waals surface area (Å²) in [6.45, 7) is 0.206. The first-order valence-corrected chi connectivity index (χ1v) is 7.79. The van der Waals surface area contributed by atoms with Crippen molar-refractivity contribution in [2.24, 2.45) is 16.6 Å². The Morgan fingerprint density at radius 2 is 1.96 bits per heavy atom. The molecule has 0 aliphatic carbocycles. The van der Waals surface area contributed by atoms with E-state index < -0.39 is 6.36 Å². The molecule has 0 saturated carbocycles. The van der Waals surface area contributed by atoms with Gasteiger partial charge in [0, 0.05) is 36.6 Å². The van der Waals surface area contributed by atoms with Gasteiger partial charge in [-0.15, -0.1) is 13.2 Å². The van der Waals surface area contributed by atoms with Gasteiger partial charge in [0.05, 0.1) is 0 Å². The van der Waals surface area contributed by atoms with Crippen LogP contribution in [-0.2, 0) is 6.42 Å². The van der Waals surface area contributed by atoms with Gasteiger partial charge in [0.1, 0.15) is 5.75 Å². The molecule has 1 unspecified atom stereocenters. The number of aliphatic hydroxyl groups is 1. The van der Waals surface area contributed by atoms with Crippen LogP contribution in [0.5, 0.6) is 5.75 Å². The summed E-state index contributed by atoms with van der Waals surface area (Å²) in [7, 11) is 0. The molecule has 0 amide bonds. The minimum atomic E-state index is -4.73. The number of halogens is 3. The van der Waals surface area contributed by atoms with E-state index >= 15 is 0 Å². The van der Waals surface area contributed by atoms with Gasteiger partial charge in [-0.3, -0.25) is 9.98 Å². The number of nitrogens with two attached hydrogens (primary N) is 1. The zero-order valence-corrected chi connectivity index (χ0v) is 13.8. The molecule has 1 aromatic heterocycles. The van der Waals surface area contributed by atoms with E-state index in [2.05, 4.69) is 20.0 Å². The second-order valence-electron chi connectivity index (χ2n) is 5.50. The highest BCUT2D eigenvalue weighted by atomic mass is 19.4. The molecule has 0 spiro atoms. The quantitative estimate of drug-likeness (QED) is 0.516. The first kappa shape index (κ1) is 19.5. The summed E-state index contributed by atoms with van der Waals surface area (Å²) in [4.78, 5) is 8.35. The molecule has 4 N–H and O–H groups in total. The minimum Gasteiger partial charge on any atom is -0.406 e. The number of anilines is 1. The number of nitrogens with one attached hydrogen (secondary N) is 1. The number of aliphatic hydroxyl groups excluding tert-OH is 1. The summed E-state index contributed by atoms with van der Waals surface area (Å²) in [5.41, 5.74) is 7.08. The summed E-state index contributed by atoms with van der Waals surface area (Å²) in [5, 5.41) is 12.2. The van der Waals surface area contributed by atoms with E-state index in [0.29, 0.717) is 12.1 Å². The van der Waals surface area contributed by atoms with Crippen LogP contribution in [0.2, 0.25) is 0 Å². The third-order valence-corrected chi connectivity index (χ3v) is 3.36. The summed E-state index contributed by atoms with van der Waals surface area (Å²) in [5.74, 6) is -0.379. The number of benzene rings is 1. The number of hydrogen-bond donors (Lipinski definition) is 3. The molecule has 0 radical (unpaired) electrons. The number of guanidine groups is 1. The van der Waals surface area contributed by atoms with E-state index in [9.17, 15) is 18.3 Å². The van der Waals surface area contributed by atoms with Crippen molar-refractivity contribution in [2.45, 2.75) is 12.8 Å². The molecule has 0 bridgehead atoms. The summed E-state index contributed by atoms with van der Waals surface area (Å²) >= 11 is 0. The molecule has 26 heavy (non-hydrogen) atoms. The van der Waals surface area contributed by atoms with Gasteiger partial charge in [-0.05, 0) is 42.8 Å². The number of pyridine rings is 1. The third kappa shape index (κ3) is 6.98. The maximum absolute atomic E-state index is 12.1. The van der Waals surface area contributed by atoms with E-state index in [1.54, 1.807) is 6.20 Å². The first-order chi connectivity index (χ1) is 12.4. The van der Waals surface area contributed by atoms with Gasteiger partial charge in [0.25, 0.3) is 0 Å². The number of hydrogen-bond acceptors (Lipinski definition) is 4. The van der Waals surface area contributed by atoms with Crippen molar-refractivity contribution in [3.8, 4) is 5.75 Å². The van der Waals surface area contributed by atoms with Crippen molar-refractivity contribution in [3.63, 3.8) is 0 Å². The Hall–Kier alpha value is -2.81. The van der Waals surface area contributed by atoms with Gasteiger partial charge in [-0.2, -0.15) is 0 Å². The fraction of sp³-hybridized carbons (Fsp3) is 0.294. The average molecular weight is 368 g/mol. The highest BCUT2D eigenvalue weighted by Crippen LogP contribution is 2.23. The average Bonchev–Trinajstić information content (AvgIpc) is 2.60. The van der Waals surface area contributed by atoms with Crippen molar-refractivity contribution < 1.29 is 23.0 Å². The van der Waals surface area contributed by atoms with Crippen LogP contribution in [0.25, 0.3) is 0 Å². The monoisotopic (exact) mass is 368 g/mol. The number of rotatable bonds is 7. The molecule has 2 rings (SSSR count). The summed E-state index contributed by atoms with van der Waals surface area (Å²) in [6, 6.07) is 10.6. The van der Waals surface area contributed by atoms with Crippen LogP contribution < -0.4 is 15.8 Å². The topological polar surface area (TPSA) is 92.8 Å².